The van der Waals surface area contributed by atoms with Gasteiger partial charge in [-0.15, -0.1) is 11.3 Å². The third-order valence-electron chi connectivity index (χ3n) is 3.99. The largest absolute Gasteiger partial charge is 0.481 e. The predicted octanol–water partition coefficient (Wildman–Crippen LogP) is 1.62. The molecule has 0 atom stereocenters. The fourth-order valence-corrected chi connectivity index (χ4v) is 4.28. The van der Waals surface area contributed by atoms with E-state index in [0.717, 1.165) is 15.6 Å². The minimum Gasteiger partial charge on any atom is -0.481 e. The standard InChI is InChI=1S/C14H22N2O5S2/c1-5-14(6-2,13(18)19)9-15-12(17)11-10(7-8-22-11)23(20,21)16(3)4/h7-8H,5-6,9H2,1-4H3,(H,15,17)(H,18,19). The van der Waals surface area contributed by atoms with Crippen LogP contribution in [0.15, 0.2) is 16.3 Å². The first kappa shape index (κ1) is 19.6. The Hall–Kier alpha value is -1.45. The molecule has 0 aliphatic heterocycles. The van der Waals surface area contributed by atoms with E-state index in [9.17, 15) is 23.1 Å². The van der Waals surface area contributed by atoms with Crippen LogP contribution in [0.4, 0.5) is 0 Å². The molecule has 1 rings (SSSR count). The van der Waals surface area contributed by atoms with E-state index in [0.29, 0.717) is 12.8 Å². The van der Waals surface area contributed by atoms with Crippen molar-refractivity contribution < 1.29 is 23.1 Å². The van der Waals surface area contributed by atoms with E-state index in [1.54, 1.807) is 13.8 Å². The van der Waals surface area contributed by atoms with Crippen molar-refractivity contribution in [2.75, 3.05) is 20.6 Å². The van der Waals surface area contributed by atoms with Crippen molar-refractivity contribution in [3.05, 3.63) is 16.3 Å². The monoisotopic (exact) mass is 362 g/mol. The molecule has 0 aromatic carbocycles. The van der Waals surface area contributed by atoms with Gasteiger partial charge in [0.2, 0.25) is 10.0 Å². The van der Waals surface area contributed by atoms with Crippen molar-refractivity contribution in [1.82, 2.24) is 9.62 Å². The molecule has 1 heterocycles. The summed E-state index contributed by atoms with van der Waals surface area (Å²) in [6.07, 6.45) is 0.735. The van der Waals surface area contributed by atoms with Gasteiger partial charge >= 0.3 is 5.97 Å². The molecule has 0 bridgehead atoms. The van der Waals surface area contributed by atoms with Gasteiger partial charge in [-0.3, -0.25) is 9.59 Å². The lowest BCUT2D eigenvalue weighted by Crippen LogP contribution is -2.42. The summed E-state index contributed by atoms with van der Waals surface area (Å²) in [5.74, 6) is -1.55. The van der Waals surface area contributed by atoms with Gasteiger partial charge in [0.1, 0.15) is 9.77 Å². The highest BCUT2D eigenvalue weighted by Gasteiger charge is 2.36. The maximum Gasteiger partial charge on any atom is 0.311 e. The number of nitrogens with zero attached hydrogens (tertiary/aromatic N) is 1. The first-order valence-electron chi connectivity index (χ1n) is 7.14. The zero-order valence-electron chi connectivity index (χ0n) is 13.6. The minimum absolute atomic E-state index is 0.0481. The van der Waals surface area contributed by atoms with Crippen molar-refractivity contribution in [1.29, 1.82) is 0 Å². The van der Waals surface area contributed by atoms with E-state index >= 15 is 0 Å². The Labute approximate surface area is 140 Å². The number of carboxylic acid groups (broad SMARTS) is 1. The summed E-state index contributed by atoms with van der Waals surface area (Å²) < 4.78 is 25.4. The molecule has 130 valence electrons. The first-order valence-corrected chi connectivity index (χ1v) is 9.46. The number of hydrogen-bond acceptors (Lipinski definition) is 5. The summed E-state index contributed by atoms with van der Waals surface area (Å²) in [6.45, 7) is 3.45. The Balaban J connectivity index is 3.02. The Kier molecular flexibility index (Phi) is 6.32. The first-order chi connectivity index (χ1) is 10.6. The van der Waals surface area contributed by atoms with Crippen LogP contribution in [0.1, 0.15) is 36.4 Å². The number of amides is 1. The Morgan fingerprint density at radius 2 is 1.87 bits per heavy atom. The molecule has 0 aliphatic rings. The number of hydrogen-bond donors (Lipinski definition) is 2. The lowest BCUT2D eigenvalue weighted by Gasteiger charge is -2.26. The molecular weight excluding hydrogens is 340 g/mol. The van der Waals surface area contributed by atoms with Crippen LogP contribution in [0.25, 0.3) is 0 Å². The molecule has 0 radical (unpaired) electrons. The van der Waals surface area contributed by atoms with E-state index < -0.39 is 27.3 Å². The van der Waals surface area contributed by atoms with Gasteiger partial charge in [0.25, 0.3) is 5.91 Å². The van der Waals surface area contributed by atoms with Gasteiger partial charge in [0, 0.05) is 20.6 Å². The molecule has 0 unspecified atom stereocenters. The van der Waals surface area contributed by atoms with Crippen LogP contribution in [-0.2, 0) is 14.8 Å². The number of rotatable bonds is 8. The molecule has 1 amide bonds. The molecule has 23 heavy (non-hydrogen) atoms. The van der Waals surface area contributed by atoms with E-state index in [1.807, 2.05) is 0 Å². The van der Waals surface area contributed by atoms with Gasteiger partial charge in [0.05, 0.1) is 5.41 Å². The fourth-order valence-electron chi connectivity index (χ4n) is 2.07. The number of thiophene rings is 1. The number of sulfonamides is 1. The smallest absolute Gasteiger partial charge is 0.311 e. The van der Waals surface area contributed by atoms with Gasteiger partial charge in [-0.2, -0.15) is 0 Å². The van der Waals surface area contributed by atoms with E-state index in [-0.39, 0.29) is 16.3 Å². The number of carbonyl (C=O) groups excluding carboxylic acids is 1. The highest BCUT2D eigenvalue weighted by Crippen LogP contribution is 2.27. The van der Waals surface area contributed by atoms with E-state index in [2.05, 4.69) is 5.32 Å². The summed E-state index contributed by atoms with van der Waals surface area (Å²) in [4.78, 5) is 23.8. The van der Waals surface area contributed by atoms with Crippen LogP contribution in [0.5, 0.6) is 0 Å². The Bertz CT molecular complexity index is 675. The summed E-state index contributed by atoms with van der Waals surface area (Å²) in [5, 5.41) is 13.5. The molecule has 0 saturated heterocycles. The second-order valence-corrected chi connectivity index (χ2v) is 8.41. The molecule has 0 fully saturated rings. The lowest BCUT2D eigenvalue weighted by molar-refractivity contribution is -0.149. The van der Waals surface area contributed by atoms with Gasteiger partial charge in [-0.25, -0.2) is 12.7 Å². The second kappa shape index (κ2) is 7.41. The predicted molar refractivity (Wildman–Crippen MR) is 88.2 cm³/mol. The number of nitrogens with one attached hydrogen (secondary N) is 1. The summed E-state index contributed by atoms with van der Waals surface area (Å²) in [6, 6.07) is 1.37. The zero-order valence-corrected chi connectivity index (χ0v) is 15.3. The lowest BCUT2D eigenvalue weighted by atomic mass is 9.82. The number of aliphatic carboxylic acids is 1. The van der Waals surface area contributed by atoms with E-state index in [1.165, 1.54) is 25.5 Å². The van der Waals surface area contributed by atoms with Gasteiger partial charge in [-0.05, 0) is 24.3 Å². The fraction of sp³-hybridized carbons (Fsp3) is 0.571. The minimum atomic E-state index is -3.72. The SMILES string of the molecule is CCC(CC)(CNC(=O)c1sccc1S(=O)(=O)N(C)C)C(=O)O. The average molecular weight is 362 g/mol. The molecule has 9 heteroatoms. The molecule has 0 spiro atoms. The number of carboxylic acids is 1. The third-order valence-corrected chi connectivity index (χ3v) is 6.89. The maximum atomic E-state index is 12.3. The quantitative estimate of drug-likeness (QED) is 0.731. The molecule has 7 nitrogen and oxygen atoms in total. The van der Waals surface area contributed by atoms with Gasteiger partial charge < -0.3 is 10.4 Å². The van der Waals surface area contributed by atoms with Crippen molar-refractivity contribution in [2.24, 2.45) is 5.41 Å². The van der Waals surface area contributed by atoms with Crippen molar-refractivity contribution >= 4 is 33.2 Å². The van der Waals surface area contributed by atoms with Crippen molar-refractivity contribution in [2.45, 2.75) is 31.6 Å². The van der Waals surface area contributed by atoms with Crippen LogP contribution < -0.4 is 5.32 Å². The molecule has 1 aromatic rings. The highest BCUT2D eigenvalue weighted by atomic mass is 32.2. The molecule has 0 saturated carbocycles. The van der Waals surface area contributed by atoms with Crippen LogP contribution in [0.3, 0.4) is 0 Å². The summed E-state index contributed by atoms with van der Waals surface area (Å²) >= 11 is 1.01. The second-order valence-electron chi connectivity index (χ2n) is 5.38. The van der Waals surface area contributed by atoms with Crippen LogP contribution in [0, 0.1) is 5.41 Å². The van der Waals surface area contributed by atoms with E-state index in [4.69, 9.17) is 0 Å². The maximum absolute atomic E-state index is 12.3. The molecule has 0 aliphatic carbocycles. The van der Waals surface area contributed by atoms with Crippen LogP contribution in [-0.4, -0.2) is 50.3 Å². The number of carbonyl (C=O) groups is 2. The molecule has 1 aromatic heterocycles. The topological polar surface area (TPSA) is 104 Å². The zero-order chi connectivity index (χ0) is 17.8. The summed E-state index contributed by atoms with van der Waals surface area (Å²) in [7, 11) is -0.949. The summed E-state index contributed by atoms with van der Waals surface area (Å²) in [5.41, 5.74) is -1.05. The van der Waals surface area contributed by atoms with Gasteiger partial charge in [0.15, 0.2) is 0 Å². The Morgan fingerprint density at radius 1 is 1.30 bits per heavy atom. The van der Waals surface area contributed by atoms with Crippen molar-refractivity contribution in [3.63, 3.8) is 0 Å². The Morgan fingerprint density at radius 3 is 2.30 bits per heavy atom. The van der Waals surface area contributed by atoms with Crippen LogP contribution in [0.2, 0.25) is 0 Å². The molecule has 2 N–H and O–H groups in total. The van der Waals surface area contributed by atoms with Crippen molar-refractivity contribution in [3.8, 4) is 0 Å². The molecular formula is C14H22N2O5S2. The highest BCUT2D eigenvalue weighted by molar-refractivity contribution is 7.89. The average Bonchev–Trinajstić information content (AvgIpc) is 2.98. The van der Waals surface area contributed by atoms with Crippen LogP contribution >= 0.6 is 11.3 Å². The third kappa shape index (κ3) is 3.91. The van der Waals surface area contributed by atoms with Gasteiger partial charge in [-0.1, -0.05) is 13.8 Å². The normalized spacial score (nSPS) is 12.4.